The number of nitrogens with two attached hydrogens (primary N) is 1. The molecule has 0 saturated carbocycles. The number of amides is 1. The van der Waals surface area contributed by atoms with Crippen LogP contribution < -0.4 is 11.1 Å². The predicted octanol–water partition coefficient (Wildman–Crippen LogP) is -0.0939. The molecule has 7 heteroatoms. The van der Waals surface area contributed by atoms with E-state index in [0.717, 1.165) is 5.01 Å². The number of nitrogens with one attached hydrogen (secondary N) is 1. The van der Waals surface area contributed by atoms with Crippen molar-refractivity contribution in [2.24, 2.45) is 5.73 Å². The molecular weight excluding hydrogens is 230 g/mol. The summed E-state index contributed by atoms with van der Waals surface area (Å²) < 4.78 is 0. The van der Waals surface area contributed by atoms with Gasteiger partial charge in [0, 0.05) is 5.38 Å². The van der Waals surface area contributed by atoms with Crippen LogP contribution in [0.3, 0.4) is 0 Å². The van der Waals surface area contributed by atoms with Gasteiger partial charge in [0.25, 0.3) is 0 Å². The lowest BCUT2D eigenvalue weighted by atomic mass is 10.3. The monoisotopic (exact) mass is 243 g/mol. The molecule has 0 aliphatic rings. The van der Waals surface area contributed by atoms with Crippen molar-refractivity contribution in [3.05, 3.63) is 16.1 Å². The van der Waals surface area contributed by atoms with Gasteiger partial charge in [0.05, 0.1) is 18.2 Å². The molecule has 1 amide bonds. The van der Waals surface area contributed by atoms with Gasteiger partial charge in [-0.05, 0) is 6.92 Å². The van der Waals surface area contributed by atoms with Crippen LogP contribution in [0.5, 0.6) is 0 Å². The summed E-state index contributed by atoms with van der Waals surface area (Å²) in [4.78, 5) is 25.6. The fraction of sp³-hybridized carbons (Fsp3) is 0.444. The van der Waals surface area contributed by atoms with Crippen LogP contribution in [0.25, 0.3) is 0 Å². The molecule has 0 radical (unpaired) electrons. The number of carboxylic acids is 1. The van der Waals surface area contributed by atoms with Crippen molar-refractivity contribution >= 4 is 23.2 Å². The van der Waals surface area contributed by atoms with E-state index in [9.17, 15) is 9.59 Å². The van der Waals surface area contributed by atoms with Crippen LogP contribution in [-0.4, -0.2) is 28.5 Å². The molecule has 1 aromatic rings. The summed E-state index contributed by atoms with van der Waals surface area (Å²) in [5.41, 5.74) is 6.24. The molecule has 0 saturated heterocycles. The van der Waals surface area contributed by atoms with Crippen LogP contribution in [0.15, 0.2) is 5.38 Å². The number of aromatic nitrogens is 1. The number of nitrogens with zero attached hydrogens (tertiary/aromatic N) is 1. The quantitative estimate of drug-likeness (QED) is 0.670. The summed E-state index contributed by atoms with van der Waals surface area (Å²) in [6.07, 6.45) is 0.0799. The number of carbonyl (C=O) groups is 2. The Morgan fingerprint density at radius 1 is 1.69 bits per heavy atom. The summed E-state index contributed by atoms with van der Waals surface area (Å²) >= 11 is 1.39. The molecule has 1 aromatic heterocycles. The van der Waals surface area contributed by atoms with E-state index < -0.39 is 5.97 Å². The van der Waals surface area contributed by atoms with Crippen LogP contribution in [0.4, 0.5) is 0 Å². The molecule has 0 spiro atoms. The van der Waals surface area contributed by atoms with Crippen LogP contribution in [0.2, 0.25) is 0 Å². The fourth-order valence-corrected chi connectivity index (χ4v) is 1.79. The zero-order valence-corrected chi connectivity index (χ0v) is 9.58. The summed E-state index contributed by atoms with van der Waals surface area (Å²) in [5.74, 6) is -1.42. The zero-order chi connectivity index (χ0) is 12.1. The lowest BCUT2D eigenvalue weighted by Crippen LogP contribution is -2.30. The predicted molar refractivity (Wildman–Crippen MR) is 59.1 cm³/mol. The van der Waals surface area contributed by atoms with Crippen molar-refractivity contribution in [2.75, 3.05) is 6.54 Å². The summed E-state index contributed by atoms with van der Waals surface area (Å²) in [5, 5.41) is 13.1. The molecule has 0 aliphatic heterocycles. The molecule has 1 rings (SSSR count). The number of rotatable bonds is 5. The van der Waals surface area contributed by atoms with Gasteiger partial charge in [0.15, 0.2) is 0 Å². The van der Waals surface area contributed by atoms with E-state index in [1.165, 1.54) is 11.3 Å². The van der Waals surface area contributed by atoms with E-state index in [2.05, 4.69) is 10.3 Å². The van der Waals surface area contributed by atoms with Crippen LogP contribution in [0.1, 0.15) is 23.7 Å². The van der Waals surface area contributed by atoms with E-state index in [1.54, 1.807) is 5.38 Å². The second kappa shape index (κ2) is 5.57. The molecule has 0 aliphatic carbocycles. The molecule has 1 heterocycles. The smallest absolute Gasteiger partial charge is 0.322 e. The Bertz CT molecular complexity index is 389. The molecule has 6 nitrogen and oxygen atoms in total. The lowest BCUT2D eigenvalue weighted by Gasteiger charge is -2.00. The van der Waals surface area contributed by atoms with Gasteiger partial charge in [-0.2, -0.15) is 0 Å². The SMILES string of the molecule is CC(N)c1nc(CC(=O)NCC(=O)O)cs1. The van der Waals surface area contributed by atoms with E-state index in [0.29, 0.717) is 5.69 Å². The normalized spacial score (nSPS) is 12.1. The summed E-state index contributed by atoms with van der Waals surface area (Å²) in [6, 6.07) is -0.152. The number of thiazole rings is 1. The van der Waals surface area contributed by atoms with Crippen LogP contribution in [-0.2, 0) is 16.0 Å². The highest BCUT2D eigenvalue weighted by atomic mass is 32.1. The molecule has 4 N–H and O–H groups in total. The largest absolute Gasteiger partial charge is 0.480 e. The van der Waals surface area contributed by atoms with Crippen molar-refractivity contribution in [1.29, 1.82) is 0 Å². The van der Waals surface area contributed by atoms with E-state index in [1.807, 2.05) is 6.92 Å². The van der Waals surface area contributed by atoms with Gasteiger partial charge in [-0.25, -0.2) is 4.98 Å². The number of hydrogen-bond acceptors (Lipinski definition) is 5. The first kappa shape index (κ1) is 12.6. The van der Waals surface area contributed by atoms with Crippen molar-refractivity contribution in [1.82, 2.24) is 10.3 Å². The molecule has 1 unspecified atom stereocenters. The second-order valence-electron chi connectivity index (χ2n) is 3.31. The Morgan fingerprint density at radius 3 is 2.88 bits per heavy atom. The Hall–Kier alpha value is -1.47. The summed E-state index contributed by atoms with van der Waals surface area (Å²) in [7, 11) is 0. The van der Waals surface area contributed by atoms with Gasteiger partial charge >= 0.3 is 5.97 Å². The standard InChI is InChI=1S/C9H13N3O3S/c1-5(10)9-12-6(4-16-9)2-7(13)11-3-8(14)15/h4-5H,2-3,10H2,1H3,(H,11,13)(H,14,15). The minimum atomic E-state index is -1.07. The number of carbonyl (C=O) groups excluding carboxylic acids is 1. The van der Waals surface area contributed by atoms with Gasteiger partial charge in [-0.3, -0.25) is 9.59 Å². The minimum absolute atomic E-state index is 0.0799. The third-order valence-corrected chi connectivity index (χ3v) is 2.83. The first-order valence-corrected chi connectivity index (χ1v) is 5.55. The van der Waals surface area contributed by atoms with Crippen LogP contribution >= 0.6 is 11.3 Å². The van der Waals surface area contributed by atoms with Gasteiger partial charge < -0.3 is 16.2 Å². The third-order valence-electron chi connectivity index (χ3n) is 1.74. The lowest BCUT2D eigenvalue weighted by molar-refractivity contribution is -0.137. The highest BCUT2D eigenvalue weighted by Gasteiger charge is 2.10. The molecule has 0 fully saturated rings. The Morgan fingerprint density at radius 2 is 2.38 bits per heavy atom. The van der Waals surface area contributed by atoms with Gasteiger partial charge in [0.1, 0.15) is 11.6 Å². The van der Waals surface area contributed by atoms with E-state index in [4.69, 9.17) is 10.8 Å². The van der Waals surface area contributed by atoms with Crippen LogP contribution in [0, 0.1) is 0 Å². The molecule has 1 atom stereocenters. The van der Waals surface area contributed by atoms with Crippen molar-refractivity contribution in [3.63, 3.8) is 0 Å². The highest BCUT2D eigenvalue weighted by Crippen LogP contribution is 2.15. The Balaban J connectivity index is 2.46. The number of aliphatic carboxylic acids is 1. The first-order chi connectivity index (χ1) is 7.49. The Labute approximate surface area is 96.5 Å². The third kappa shape index (κ3) is 3.95. The van der Waals surface area contributed by atoms with Gasteiger partial charge in [0.2, 0.25) is 5.91 Å². The van der Waals surface area contributed by atoms with E-state index in [-0.39, 0.29) is 24.9 Å². The molecular formula is C9H13N3O3S. The summed E-state index contributed by atoms with van der Waals surface area (Å²) in [6.45, 7) is 1.44. The highest BCUT2D eigenvalue weighted by molar-refractivity contribution is 7.09. The topological polar surface area (TPSA) is 105 Å². The average Bonchev–Trinajstić information content (AvgIpc) is 2.63. The zero-order valence-electron chi connectivity index (χ0n) is 8.77. The van der Waals surface area contributed by atoms with Crippen molar-refractivity contribution < 1.29 is 14.7 Å². The fourth-order valence-electron chi connectivity index (χ4n) is 1.01. The van der Waals surface area contributed by atoms with E-state index >= 15 is 0 Å². The minimum Gasteiger partial charge on any atom is -0.480 e. The Kier molecular flexibility index (Phi) is 4.39. The first-order valence-electron chi connectivity index (χ1n) is 4.67. The molecule has 16 heavy (non-hydrogen) atoms. The van der Waals surface area contributed by atoms with Gasteiger partial charge in [-0.1, -0.05) is 0 Å². The van der Waals surface area contributed by atoms with Crippen molar-refractivity contribution in [2.45, 2.75) is 19.4 Å². The molecule has 0 bridgehead atoms. The molecule has 0 aromatic carbocycles. The maximum absolute atomic E-state index is 11.3. The molecule has 88 valence electrons. The number of carboxylic acid groups (broad SMARTS) is 1. The average molecular weight is 243 g/mol. The maximum atomic E-state index is 11.3. The second-order valence-corrected chi connectivity index (χ2v) is 4.20. The number of hydrogen-bond donors (Lipinski definition) is 3. The van der Waals surface area contributed by atoms with Crippen molar-refractivity contribution in [3.8, 4) is 0 Å². The van der Waals surface area contributed by atoms with Gasteiger partial charge in [-0.15, -0.1) is 11.3 Å². The maximum Gasteiger partial charge on any atom is 0.322 e.